The summed E-state index contributed by atoms with van der Waals surface area (Å²) in [6, 6.07) is 28.9. The Labute approximate surface area is 256 Å². The zero-order valence-corrected chi connectivity index (χ0v) is 22.5. The highest BCUT2D eigenvalue weighted by Gasteiger charge is 2.19. The van der Waals surface area contributed by atoms with Crippen LogP contribution in [-0.2, 0) is 0 Å². The first kappa shape index (κ1) is 17.8. The van der Waals surface area contributed by atoms with Gasteiger partial charge in [-0.15, -0.1) is 0 Å². The van der Waals surface area contributed by atoms with Crippen LogP contribution in [0.1, 0.15) is 9.60 Å². The summed E-state index contributed by atoms with van der Waals surface area (Å²) >= 11 is 0. The van der Waals surface area contributed by atoms with E-state index in [1.807, 2.05) is 54.6 Å². The van der Waals surface area contributed by atoms with Crippen LogP contribution in [0, 0.1) is 0 Å². The van der Waals surface area contributed by atoms with Crippen molar-refractivity contribution in [3.8, 4) is 34.2 Å². The summed E-state index contributed by atoms with van der Waals surface area (Å²) in [5, 5.41) is 6.44. The maximum atomic E-state index is 9.09. The van der Waals surface area contributed by atoms with Crippen molar-refractivity contribution in [1.82, 2.24) is 15.0 Å². The number of benzene rings is 7. The van der Waals surface area contributed by atoms with Gasteiger partial charge in [-0.1, -0.05) is 127 Å². The lowest BCUT2D eigenvalue weighted by atomic mass is 9.95. The zero-order valence-electron chi connectivity index (χ0n) is 29.5. The molecule has 2 heterocycles. The third-order valence-corrected chi connectivity index (χ3v) is 7.86. The molecule has 0 atom stereocenters. The normalized spacial score (nSPS) is 14.0. The largest absolute Gasteiger partial charge is 0.456 e. The Morgan fingerprint density at radius 1 is 0.442 bits per heavy atom. The van der Waals surface area contributed by atoms with Crippen molar-refractivity contribution in [2.24, 2.45) is 0 Å². The quantitative estimate of drug-likeness (QED) is 0.203. The van der Waals surface area contributed by atoms with E-state index < -0.39 is 30.2 Å². The smallest absolute Gasteiger partial charge is 0.164 e. The zero-order chi connectivity index (χ0) is 34.4. The minimum Gasteiger partial charge on any atom is -0.456 e. The molecule has 2 aromatic heterocycles. The molecule has 0 spiro atoms. The third kappa shape index (κ3) is 3.74. The molecule has 4 nitrogen and oxygen atoms in total. The van der Waals surface area contributed by atoms with E-state index in [-0.39, 0.29) is 45.4 Å². The fourth-order valence-corrected chi connectivity index (χ4v) is 5.90. The molecule has 7 aromatic carbocycles. The number of nitrogens with zero attached hydrogens (tertiary/aromatic N) is 3. The van der Waals surface area contributed by atoms with Crippen LogP contribution >= 0.6 is 0 Å². The van der Waals surface area contributed by atoms with Gasteiger partial charge in [0.2, 0.25) is 0 Å². The Kier molecular flexibility index (Phi) is 3.87. The number of fused-ring (bicyclic) bond motifs is 8. The van der Waals surface area contributed by atoms with Gasteiger partial charge in [0, 0.05) is 27.5 Å². The number of hydrogen-bond acceptors (Lipinski definition) is 4. The van der Waals surface area contributed by atoms with Crippen LogP contribution in [0.2, 0.25) is 0 Å². The molecule has 0 radical (unpaired) electrons. The minimum atomic E-state index is -0.489. The molecule has 0 aliphatic carbocycles. The summed E-state index contributed by atoms with van der Waals surface area (Å²) in [5.41, 5.74) is 1.09. The second-order valence-electron chi connectivity index (χ2n) is 10.3. The molecule has 0 saturated carbocycles. The second kappa shape index (κ2) is 9.33. The summed E-state index contributed by atoms with van der Waals surface area (Å²) in [5.74, 6) is 0.623. The Morgan fingerprint density at radius 2 is 1.12 bits per heavy atom. The Balaban J connectivity index is 1.39. The summed E-state index contributed by atoms with van der Waals surface area (Å²) < 4.78 is 66.2. The van der Waals surface area contributed by atoms with Gasteiger partial charge < -0.3 is 4.42 Å². The molecule has 4 heteroatoms. The molecular weight excluding hydrogens is 526 g/mol. The van der Waals surface area contributed by atoms with Crippen molar-refractivity contribution in [2.45, 2.75) is 0 Å². The molecule has 9 aromatic rings. The van der Waals surface area contributed by atoms with Crippen LogP contribution in [0.25, 0.3) is 88.4 Å². The van der Waals surface area contributed by atoms with Crippen LogP contribution in [0.5, 0.6) is 0 Å². The van der Waals surface area contributed by atoms with E-state index in [2.05, 4.69) is 42.5 Å². The van der Waals surface area contributed by atoms with E-state index in [0.29, 0.717) is 22.8 Å². The van der Waals surface area contributed by atoms with E-state index in [4.69, 9.17) is 29.0 Å². The highest BCUT2D eigenvalue weighted by molar-refractivity contribution is 6.19. The Bertz CT molecular complexity index is 2910. The number of hydrogen-bond donors (Lipinski definition) is 0. The van der Waals surface area contributed by atoms with Gasteiger partial charge in [0.15, 0.2) is 17.5 Å². The van der Waals surface area contributed by atoms with Gasteiger partial charge in [-0.2, -0.15) is 0 Å². The predicted octanol–water partition coefficient (Wildman–Crippen LogP) is 10.2. The SMILES string of the molecule is [2H]c1c([2H])c([2H])c2c(oc3c([2H])c([2H])c([2H])c(-c4nc(-c5ccccc5)nc(-c5cccc6c5ccc5c7ccccc7ccc65)n4)c32)c1[2H]. The number of para-hydroxylation sites is 1. The Morgan fingerprint density at radius 3 is 2.05 bits per heavy atom. The standard InChI is InChI=1S/C39H23N3O/c1-2-11-25(12-3-1)37-40-38(42-39(41-37)33-17-9-19-35-36(33)32-14-6-7-18-34(32)43-35)31-16-8-15-27-29-21-20-24-10-4-5-13-26(24)28(29)22-23-30(27)31/h1-23H/i6D,7D,9D,14D,17D,18D,19D. The average molecular weight is 557 g/mol. The predicted molar refractivity (Wildman–Crippen MR) is 176 cm³/mol. The van der Waals surface area contributed by atoms with Gasteiger partial charge in [-0.05, 0) is 44.4 Å². The van der Waals surface area contributed by atoms with Gasteiger partial charge >= 0.3 is 0 Å². The Hall–Kier alpha value is -5.87. The summed E-state index contributed by atoms with van der Waals surface area (Å²) in [7, 11) is 0. The topological polar surface area (TPSA) is 51.8 Å². The van der Waals surface area contributed by atoms with Crippen molar-refractivity contribution in [2.75, 3.05) is 0 Å². The van der Waals surface area contributed by atoms with Crippen molar-refractivity contribution >= 4 is 54.3 Å². The highest BCUT2D eigenvalue weighted by atomic mass is 16.3. The summed E-state index contributed by atoms with van der Waals surface area (Å²) in [6.07, 6.45) is 0. The molecule has 0 N–H and O–H groups in total. The molecule has 43 heavy (non-hydrogen) atoms. The lowest BCUT2D eigenvalue weighted by molar-refractivity contribution is 0.669. The van der Waals surface area contributed by atoms with Crippen LogP contribution in [0.4, 0.5) is 0 Å². The summed E-state index contributed by atoms with van der Waals surface area (Å²) in [6.45, 7) is 0. The number of furan rings is 1. The molecule has 0 aliphatic rings. The number of rotatable bonds is 3. The fourth-order valence-electron chi connectivity index (χ4n) is 5.90. The third-order valence-electron chi connectivity index (χ3n) is 7.86. The first-order valence-corrected chi connectivity index (χ1v) is 13.8. The van der Waals surface area contributed by atoms with Crippen LogP contribution in [0.15, 0.2) is 144 Å². The van der Waals surface area contributed by atoms with E-state index in [0.717, 1.165) is 32.3 Å². The molecule has 9 rings (SSSR count). The monoisotopic (exact) mass is 556 g/mol. The molecule has 0 unspecified atom stereocenters. The fraction of sp³-hybridized carbons (Fsp3) is 0. The van der Waals surface area contributed by atoms with Crippen LogP contribution in [-0.4, -0.2) is 15.0 Å². The molecule has 0 aliphatic heterocycles. The van der Waals surface area contributed by atoms with E-state index in [1.54, 1.807) is 0 Å². The lowest BCUT2D eigenvalue weighted by Gasteiger charge is -2.12. The van der Waals surface area contributed by atoms with Crippen molar-refractivity contribution in [1.29, 1.82) is 0 Å². The molecule has 0 fully saturated rings. The molecular formula is C39H23N3O. The molecule has 0 amide bonds. The summed E-state index contributed by atoms with van der Waals surface area (Å²) in [4.78, 5) is 14.6. The van der Waals surface area contributed by atoms with Gasteiger partial charge in [0.1, 0.15) is 11.2 Å². The van der Waals surface area contributed by atoms with Gasteiger partial charge in [0.25, 0.3) is 0 Å². The van der Waals surface area contributed by atoms with E-state index >= 15 is 0 Å². The maximum Gasteiger partial charge on any atom is 0.164 e. The van der Waals surface area contributed by atoms with Gasteiger partial charge in [-0.25, -0.2) is 15.0 Å². The highest BCUT2D eigenvalue weighted by Crippen LogP contribution is 2.38. The maximum absolute atomic E-state index is 9.09. The van der Waals surface area contributed by atoms with Crippen LogP contribution < -0.4 is 0 Å². The van der Waals surface area contributed by atoms with Crippen molar-refractivity contribution < 1.29 is 14.0 Å². The number of aromatic nitrogens is 3. The van der Waals surface area contributed by atoms with E-state index in [1.165, 1.54) is 0 Å². The van der Waals surface area contributed by atoms with Crippen molar-refractivity contribution in [3.05, 3.63) is 139 Å². The van der Waals surface area contributed by atoms with Gasteiger partial charge in [0.05, 0.1) is 9.60 Å². The molecule has 0 bridgehead atoms. The lowest BCUT2D eigenvalue weighted by Crippen LogP contribution is -2.00. The second-order valence-corrected chi connectivity index (χ2v) is 10.3. The molecule has 200 valence electrons. The van der Waals surface area contributed by atoms with Crippen molar-refractivity contribution in [3.63, 3.8) is 0 Å². The molecule has 0 saturated heterocycles. The van der Waals surface area contributed by atoms with Crippen LogP contribution in [0.3, 0.4) is 0 Å². The van der Waals surface area contributed by atoms with Gasteiger partial charge in [-0.3, -0.25) is 0 Å². The van der Waals surface area contributed by atoms with E-state index in [9.17, 15) is 0 Å². The minimum absolute atomic E-state index is 0.00455. The average Bonchev–Trinajstić information content (AvgIpc) is 3.55. The first-order chi connectivity index (χ1) is 24.2. The first-order valence-electron chi connectivity index (χ1n) is 17.3.